The predicted octanol–water partition coefficient (Wildman–Crippen LogP) is 6.47. The lowest BCUT2D eigenvalue weighted by atomic mass is 10.1. The van der Waals surface area contributed by atoms with Gasteiger partial charge >= 0.3 is 0 Å². The molecular formula is C26H31ClFN3O2. The van der Waals surface area contributed by atoms with Gasteiger partial charge in [0.2, 0.25) is 0 Å². The van der Waals surface area contributed by atoms with E-state index in [9.17, 15) is 4.39 Å². The minimum absolute atomic E-state index is 0.180. The van der Waals surface area contributed by atoms with Crippen molar-refractivity contribution in [1.82, 2.24) is 9.55 Å². The molecule has 1 aromatic heterocycles. The number of allylic oxidation sites excluding steroid dienone is 5. The van der Waals surface area contributed by atoms with Crippen molar-refractivity contribution in [2.75, 3.05) is 26.4 Å². The molecule has 33 heavy (non-hydrogen) atoms. The first-order chi connectivity index (χ1) is 16.0. The van der Waals surface area contributed by atoms with Crippen molar-refractivity contribution in [3.8, 4) is 17.1 Å². The van der Waals surface area contributed by atoms with E-state index < -0.39 is 6.67 Å². The molecule has 0 fully saturated rings. The van der Waals surface area contributed by atoms with Crippen LogP contribution in [0.2, 0.25) is 5.02 Å². The molecule has 0 N–H and O–H groups in total. The highest BCUT2D eigenvalue weighted by Gasteiger charge is 2.21. The summed E-state index contributed by atoms with van der Waals surface area (Å²) in [6.45, 7) is 11.3. The van der Waals surface area contributed by atoms with Crippen molar-refractivity contribution in [3.63, 3.8) is 0 Å². The second-order valence-corrected chi connectivity index (χ2v) is 7.97. The third kappa shape index (κ3) is 6.42. The Morgan fingerprint density at radius 1 is 1.36 bits per heavy atom. The van der Waals surface area contributed by atoms with Gasteiger partial charge in [0.15, 0.2) is 0 Å². The van der Waals surface area contributed by atoms with Crippen molar-refractivity contribution in [2.45, 2.75) is 40.2 Å². The Morgan fingerprint density at radius 3 is 2.76 bits per heavy atom. The van der Waals surface area contributed by atoms with Crippen molar-refractivity contribution >= 4 is 22.9 Å². The summed E-state index contributed by atoms with van der Waals surface area (Å²) in [7, 11) is 0. The van der Waals surface area contributed by atoms with Crippen LogP contribution in [0.25, 0.3) is 17.0 Å². The van der Waals surface area contributed by atoms with Crippen LogP contribution in [0.1, 0.15) is 38.6 Å². The molecule has 0 saturated carbocycles. The van der Waals surface area contributed by atoms with Gasteiger partial charge in [-0.25, -0.2) is 9.37 Å². The van der Waals surface area contributed by atoms with E-state index in [1.807, 2.05) is 55.7 Å². The number of rotatable bonds is 13. The molecular weight excluding hydrogens is 441 g/mol. The summed E-state index contributed by atoms with van der Waals surface area (Å²) in [5, 5.41) is 0.484. The maximum Gasteiger partial charge on any atom is 0.145 e. The molecule has 7 heteroatoms. The Kier molecular flexibility index (Phi) is 9.03. The summed E-state index contributed by atoms with van der Waals surface area (Å²) in [6.07, 6.45) is 7.15. The van der Waals surface area contributed by atoms with Crippen LogP contribution in [-0.2, 0) is 17.7 Å². The highest BCUT2D eigenvalue weighted by Crippen LogP contribution is 2.35. The number of aliphatic imine (C=N–C) groups is 1. The summed E-state index contributed by atoms with van der Waals surface area (Å²) >= 11 is 6.50. The highest BCUT2D eigenvalue weighted by atomic mass is 35.5. The molecule has 0 unspecified atom stereocenters. The van der Waals surface area contributed by atoms with Crippen LogP contribution in [0.5, 0.6) is 5.75 Å². The molecule has 0 bridgehead atoms. The van der Waals surface area contributed by atoms with Gasteiger partial charge in [-0.1, -0.05) is 24.3 Å². The first kappa shape index (κ1) is 24.9. The number of nitrogens with zero attached hydrogens (tertiary/aromatic N) is 3. The SMILES string of the molecule is C=C/C(=C\C(C)=N/CC)c1nc(-c2ccc(OC3=CC3)c(Cl)c2)n(CCF)c1CCOCC. The van der Waals surface area contributed by atoms with Gasteiger partial charge in [-0.05, 0) is 51.1 Å². The molecule has 1 aromatic carbocycles. The number of halogens is 2. The average molecular weight is 472 g/mol. The van der Waals surface area contributed by atoms with Crippen LogP contribution >= 0.6 is 11.6 Å². The zero-order valence-electron chi connectivity index (χ0n) is 19.5. The summed E-state index contributed by atoms with van der Waals surface area (Å²) < 4.78 is 26.9. The number of hydrogen-bond donors (Lipinski definition) is 0. The van der Waals surface area contributed by atoms with Gasteiger partial charge in [-0.15, -0.1) is 0 Å². The Labute approximate surface area is 200 Å². The third-order valence-corrected chi connectivity index (χ3v) is 5.43. The van der Waals surface area contributed by atoms with Crippen LogP contribution in [0.15, 0.2) is 53.8 Å². The Balaban J connectivity index is 2.11. The maximum atomic E-state index is 13.7. The van der Waals surface area contributed by atoms with E-state index in [2.05, 4.69) is 11.6 Å². The highest BCUT2D eigenvalue weighted by molar-refractivity contribution is 6.32. The van der Waals surface area contributed by atoms with Crippen LogP contribution in [-0.4, -0.2) is 41.7 Å². The number of ether oxygens (including phenoxy) is 2. The number of aromatic nitrogens is 2. The number of benzene rings is 1. The minimum Gasteiger partial charge on any atom is -0.460 e. The lowest BCUT2D eigenvalue weighted by molar-refractivity contribution is 0.149. The quantitative estimate of drug-likeness (QED) is 0.191. The Bertz CT molecular complexity index is 1090. The molecule has 0 amide bonds. The first-order valence-corrected chi connectivity index (χ1v) is 11.7. The zero-order valence-corrected chi connectivity index (χ0v) is 20.3. The predicted molar refractivity (Wildman–Crippen MR) is 134 cm³/mol. The van der Waals surface area contributed by atoms with E-state index in [0.29, 0.717) is 42.8 Å². The van der Waals surface area contributed by atoms with Crippen LogP contribution in [0.3, 0.4) is 0 Å². The summed E-state index contributed by atoms with van der Waals surface area (Å²) in [6, 6.07) is 5.54. The minimum atomic E-state index is -0.517. The van der Waals surface area contributed by atoms with Crippen molar-refractivity contribution in [2.24, 2.45) is 4.99 Å². The van der Waals surface area contributed by atoms with Gasteiger partial charge in [0.25, 0.3) is 0 Å². The van der Waals surface area contributed by atoms with Gasteiger partial charge in [-0.3, -0.25) is 4.99 Å². The van der Waals surface area contributed by atoms with Crippen LogP contribution in [0, 0.1) is 0 Å². The van der Waals surface area contributed by atoms with E-state index in [1.54, 1.807) is 6.08 Å². The average Bonchev–Trinajstić information content (AvgIpc) is 3.55. The maximum absolute atomic E-state index is 13.7. The largest absolute Gasteiger partial charge is 0.460 e. The van der Waals surface area contributed by atoms with Crippen molar-refractivity contribution in [3.05, 3.63) is 65.2 Å². The number of imidazole rings is 1. The molecule has 0 saturated heterocycles. The lowest BCUT2D eigenvalue weighted by Crippen LogP contribution is -2.10. The van der Waals surface area contributed by atoms with Crippen LogP contribution < -0.4 is 4.74 Å². The van der Waals surface area contributed by atoms with Gasteiger partial charge < -0.3 is 14.0 Å². The van der Waals surface area contributed by atoms with E-state index in [4.69, 9.17) is 26.1 Å². The third-order valence-electron chi connectivity index (χ3n) is 5.14. The number of hydrogen-bond acceptors (Lipinski definition) is 4. The summed E-state index contributed by atoms with van der Waals surface area (Å²) in [5.74, 6) is 2.16. The molecule has 176 valence electrons. The lowest BCUT2D eigenvalue weighted by Gasteiger charge is -2.12. The fourth-order valence-corrected chi connectivity index (χ4v) is 3.78. The van der Waals surface area contributed by atoms with Gasteiger partial charge in [-0.2, -0.15) is 0 Å². The summed E-state index contributed by atoms with van der Waals surface area (Å²) in [4.78, 5) is 9.40. The monoisotopic (exact) mass is 471 g/mol. The zero-order chi connectivity index (χ0) is 23.8. The van der Waals surface area contributed by atoms with E-state index in [-0.39, 0.29) is 6.54 Å². The molecule has 1 aliphatic carbocycles. The Hall–Kier alpha value is -2.70. The van der Waals surface area contributed by atoms with Gasteiger partial charge in [0.05, 0.1) is 23.9 Å². The van der Waals surface area contributed by atoms with Crippen LogP contribution in [0.4, 0.5) is 4.39 Å². The van der Waals surface area contributed by atoms with Crippen molar-refractivity contribution in [1.29, 1.82) is 0 Å². The number of alkyl halides is 1. The molecule has 0 radical (unpaired) electrons. The molecule has 0 aliphatic heterocycles. The molecule has 5 nitrogen and oxygen atoms in total. The molecule has 3 rings (SSSR count). The fraction of sp³-hybridized carbons (Fsp3) is 0.385. The van der Waals surface area contributed by atoms with Crippen molar-refractivity contribution < 1.29 is 13.9 Å². The van der Waals surface area contributed by atoms with E-state index in [1.165, 1.54) is 0 Å². The standard InChI is InChI=1S/C26H31ClFN3O2/c1-5-19(16-18(4)29-6-2)25-23(12-15-32-7-3)31(14-13-28)26(30-25)20-8-11-24(22(27)17-20)33-21-9-10-21/h5,8-9,11,16-17H,1,6-7,10,12-15H2,2-4H3/b19-16+,29-18-. The first-order valence-electron chi connectivity index (χ1n) is 11.3. The molecule has 0 atom stereocenters. The second-order valence-electron chi connectivity index (χ2n) is 7.56. The second kappa shape index (κ2) is 12.0. The molecule has 1 heterocycles. The topological polar surface area (TPSA) is 48.6 Å². The fourth-order valence-electron chi connectivity index (χ4n) is 3.56. The normalized spacial score (nSPS) is 13.8. The van der Waals surface area contributed by atoms with Gasteiger partial charge in [0.1, 0.15) is 24.0 Å². The Morgan fingerprint density at radius 2 is 2.15 bits per heavy atom. The smallest absolute Gasteiger partial charge is 0.145 e. The van der Waals surface area contributed by atoms with Gasteiger partial charge in [0, 0.05) is 48.5 Å². The molecule has 1 aliphatic rings. The molecule has 0 spiro atoms. The summed E-state index contributed by atoms with van der Waals surface area (Å²) in [5.41, 5.74) is 4.15. The van der Waals surface area contributed by atoms with E-state index in [0.717, 1.165) is 40.4 Å². The molecule has 2 aromatic rings. The van der Waals surface area contributed by atoms with E-state index >= 15 is 0 Å².